The van der Waals surface area contributed by atoms with Crippen LogP contribution < -0.4 is 11.1 Å². The van der Waals surface area contributed by atoms with Crippen LogP contribution in [0.15, 0.2) is 47.1 Å². The van der Waals surface area contributed by atoms with Crippen molar-refractivity contribution in [1.82, 2.24) is 4.98 Å². The van der Waals surface area contributed by atoms with E-state index in [0.29, 0.717) is 11.0 Å². The highest BCUT2D eigenvalue weighted by Crippen LogP contribution is 2.21. The van der Waals surface area contributed by atoms with E-state index in [2.05, 4.69) is 26.2 Å². The van der Waals surface area contributed by atoms with Crippen molar-refractivity contribution in [3.05, 3.63) is 58.4 Å². The molecule has 0 saturated heterocycles. The predicted molar refractivity (Wildman–Crippen MR) is 73.8 cm³/mol. The highest BCUT2D eigenvalue weighted by atomic mass is 79.9. The lowest BCUT2D eigenvalue weighted by molar-refractivity contribution is 0.618. The molecule has 1 atom stereocenters. The Balaban J connectivity index is 2.21. The highest BCUT2D eigenvalue weighted by Gasteiger charge is 2.12. The Morgan fingerprint density at radius 1 is 1.33 bits per heavy atom. The van der Waals surface area contributed by atoms with E-state index in [9.17, 15) is 4.39 Å². The number of rotatable bonds is 4. The van der Waals surface area contributed by atoms with Gasteiger partial charge in [0.15, 0.2) is 11.6 Å². The van der Waals surface area contributed by atoms with Crippen molar-refractivity contribution in [1.29, 1.82) is 0 Å². The molecule has 2 aromatic rings. The first-order valence-electron chi connectivity index (χ1n) is 5.53. The molecule has 0 fully saturated rings. The van der Waals surface area contributed by atoms with Crippen molar-refractivity contribution in [3.63, 3.8) is 0 Å². The molecule has 1 aromatic heterocycles. The number of pyridine rings is 1. The van der Waals surface area contributed by atoms with Gasteiger partial charge in [-0.2, -0.15) is 0 Å². The van der Waals surface area contributed by atoms with Gasteiger partial charge < -0.3 is 11.1 Å². The van der Waals surface area contributed by atoms with Gasteiger partial charge in [0.25, 0.3) is 0 Å². The lowest BCUT2D eigenvalue weighted by Crippen LogP contribution is -2.21. The van der Waals surface area contributed by atoms with Gasteiger partial charge in [-0.15, -0.1) is 0 Å². The molecule has 0 aliphatic rings. The van der Waals surface area contributed by atoms with Gasteiger partial charge in [-0.3, -0.25) is 0 Å². The molecule has 0 radical (unpaired) electrons. The van der Waals surface area contributed by atoms with Crippen molar-refractivity contribution in [2.24, 2.45) is 5.73 Å². The highest BCUT2D eigenvalue weighted by molar-refractivity contribution is 9.10. The average molecular weight is 310 g/mol. The van der Waals surface area contributed by atoms with E-state index in [1.54, 1.807) is 6.20 Å². The summed E-state index contributed by atoms with van der Waals surface area (Å²) in [5.74, 6) is -0.198. The standard InChI is InChI=1S/C13H13BrFN3/c14-10-6-11(15)13(17-8-10)18-12(7-16)9-4-2-1-3-5-9/h1-6,8,12H,7,16H2,(H,17,18). The van der Waals surface area contributed by atoms with E-state index >= 15 is 0 Å². The Morgan fingerprint density at radius 3 is 2.67 bits per heavy atom. The SMILES string of the molecule is NCC(Nc1ncc(Br)cc1F)c1ccccc1. The summed E-state index contributed by atoms with van der Waals surface area (Å²) in [6.07, 6.45) is 1.55. The van der Waals surface area contributed by atoms with E-state index in [1.807, 2.05) is 30.3 Å². The molecule has 0 amide bonds. The molecule has 2 rings (SSSR count). The van der Waals surface area contributed by atoms with E-state index in [1.165, 1.54) is 6.07 Å². The van der Waals surface area contributed by atoms with Crippen LogP contribution in [0.4, 0.5) is 10.2 Å². The number of anilines is 1. The molecule has 18 heavy (non-hydrogen) atoms. The number of nitrogens with zero attached hydrogens (tertiary/aromatic N) is 1. The average Bonchev–Trinajstić information content (AvgIpc) is 2.39. The number of benzene rings is 1. The summed E-state index contributed by atoms with van der Waals surface area (Å²) in [6.45, 7) is 0.362. The fourth-order valence-electron chi connectivity index (χ4n) is 1.65. The summed E-state index contributed by atoms with van der Waals surface area (Å²) in [7, 11) is 0. The summed E-state index contributed by atoms with van der Waals surface area (Å²) in [5.41, 5.74) is 6.71. The molecule has 0 spiro atoms. The van der Waals surface area contributed by atoms with Crippen LogP contribution in [0.3, 0.4) is 0 Å². The smallest absolute Gasteiger partial charge is 0.166 e. The largest absolute Gasteiger partial charge is 0.360 e. The van der Waals surface area contributed by atoms with Gasteiger partial charge in [-0.1, -0.05) is 30.3 Å². The molecule has 0 aliphatic carbocycles. The number of hydrogen-bond acceptors (Lipinski definition) is 3. The maximum Gasteiger partial charge on any atom is 0.166 e. The molecule has 3 N–H and O–H groups in total. The molecule has 0 aliphatic heterocycles. The molecule has 3 nitrogen and oxygen atoms in total. The lowest BCUT2D eigenvalue weighted by atomic mass is 10.1. The number of nitrogens with two attached hydrogens (primary N) is 1. The zero-order valence-corrected chi connectivity index (χ0v) is 11.2. The van der Waals surface area contributed by atoms with Gasteiger partial charge >= 0.3 is 0 Å². The van der Waals surface area contributed by atoms with Gasteiger partial charge in [0.05, 0.1) is 6.04 Å². The molecular formula is C13H13BrFN3. The molecule has 0 saturated carbocycles. The van der Waals surface area contributed by atoms with Crippen molar-refractivity contribution >= 4 is 21.7 Å². The van der Waals surface area contributed by atoms with E-state index in [4.69, 9.17) is 5.73 Å². The van der Waals surface area contributed by atoms with E-state index < -0.39 is 5.82 Å². The van der Waals surface area contributed by atoms with Crippen LogP contribution in [0.25, 0.3) is 0 Å². The van der Waals surface area contributed by atoms with Crippen LogP contribution in [0.2, 0.25) is 0 Å². The number of halogens is 2. The van der Waals surface area contributed by atoms with Crippen LogP contribution in [0, 0.1) is 5.82 Å². The monoisotopic (exact) mass is 309 g/mol. The Bertz CT molecular complexity index is 519. The van der Waals surface area contributed by atoms with Gasteiger partial charge in [0.1, 0.15) is 0 Å². The molecule has 94 valence electrons. The zero-order valence-electron chi connectivity index (χ0n) is 9.61. The van der Waals surface area contributed by atoms with E-state index in [0.717, 1.165) is 5.56 Å². The first-order chi connectivity index (χ1) is 8.70. The quantitative estimate of drug-likeness (QED) is 0.912. The van der Waals surface area contributed by atoms with Gasteiger partial charge in [-0.25, -0.2) is 9.37 Å². The Morgan fingerprint density at radius 2 is 2.06 bits per heavy atom. The number of hydrogen-bond donors (Lipinski definition) is 2. The lowest BCUT2D eigenvalue weighted by Gasteiger charge is -2.18. The second-order valence-electron chi connectivity index (χ2n) is 3.83. The molecular weight excluding hydrogens is 297 g/mol. The summed E-state index contributed by atoms with van der Waals surface area (Å²) in [4.78, 5) is 4.00. The summed E-state index contributed by atoms with van der Waals surface area (Å²) in [5, 5.41) is 3.01. The zero-order chi connectivity index (χ0) is 13.0. The minimum absolute atomic E-state index is 0.158. The molecule has 1 heterocycles. The van der Waals surface area contributed by atoms with Crippen LogP contribution in [-0.2, 0) is 0 Å². The van der Waals surface area contributed by atoms with Crippen molar-refractivity contribution < 1.29 is 4.39 Å². The fourth-order valence-corrected chi connectivity index (χ4v) is 1.95. The third-order valence-corrected chi connectivity index (χ3v) is 2.99. The van der Waals surface area contributed by atoms with Crippen LogP contribution in [0.5, 0.6) is 0 Å². The molecule has 5 heteroatoms. The number of nitrogens with one attached hydrogen (secondary N) is 1. The normalized spacial score (nSPS) is 12.2. The topological polar surface area (TPSA) is 50.9 Å². The van der Waals surface area contributed by atoms with E-state index in [-0.39, 0.29) is 11.9 Å². The summed E-state index contributed by atoms with van der Waals surface area (Å²) in [6, 6.07) is 10.9. The Labute approximate surface area is 113 Å². The first-order valence-corrected chi connectivity index (χ1v) is 6.32. The van der Waals surface area contributed by atoms with Crippen LogP contribution in [0.1, 0.15) is 11.6 Å². The third-order valence-electron chi connectivity index (χ3n) is 2.56. The molecule has 1 aromatic carbocycles. The maximum absolute atomic E-state index is 13.7. The van der Waals surface area contributed by atoms with Crippen LogP contribution in [-0.4, -0.2) is 11.5 Å². The second kappa shape index (κ2) is 5.93. The maximum atomic E-state index is 13.7. The van der Waals surface area contributed by atoms with Crippen molar-refractivity contribution in [2.45, 2.75) is 6.04 Å². The molecule has 0 bridgehead atoms. The summed E-state index contributed by atoms with van der Waals surface area (Å²) >= 11 is 3.17. The predicted octanol–water partition coefficient (Wildman–Crippen LogP) is 3.10. The minimum Gasteiger partial charge on any atom is -0.360 e. The van der Waals surface area contributed by atoms with Gasteiger partial charge in [-0.05, 0) is 27.6 Å². The molecule has 1 unspecified atom stereocenters. The Hall–Kier alpha value is -1.46. The Kier molecular flexibility index (Phi) is 4.28. The van der Waals surface area contributed by atoms with Gasteiger partial charge in [0.2, 0.25) is 0 Å². The van der Waals surface area contributed by atoms with Crippen molar-refractivity contribution in [2.75, 3.05) is 11.9 Å². The third kappa shape index (κ3) is 3.05. The number of aromatic nitrogens is 1. The van der Waals surface area contributed by atoms with Gasteiger partial charge in [0, 0.05) is 17.2 Å². The fraction of sp³-hybridized carbons (Fsp3) is 0.154. The van der Waals surface area contributed by atoms with Crippen molar-refractivity contribution in [3.8, 4) is 0 Å². The minimum atomic E-state index is -0.404. The first kappa shape index (κ1) is 13.0. The van der Waals surface area contributed by atoms with Crippen LogP contribution >= 0.6 is 15.9 Å². The summed E-state index contributed by atoms with van der Waals surface area (Å²) < 4.78 is 14.3. The second-order valence-corrected chi connectivity index (χ2v) is 4.74.